The second-order valence-corrected chi connectivity index (χ2v) is 6.22. The third-order valence-corrected chi connectivity index (χ3v) is 3.92. The van der Waals surface area contributed by atoms with E-state index < -0.39 is 31.0 Å². The van der Waals surface area contributed by atoms with Crippen LogP contribution in [0.5, 0.6) is 11.5 Å². The molecule has 0 saturated carbocycles. The largest absolute Gasteiger partial charge is 0.486 e. The topological polar surface area (TPSA) is 104 Å². The summed E-state index contributed by atoms with van der Waals surface area (Å²) in [5, 5.41) is 2.01. The summed E-state index contributed by atoms with van der Waals surface area (Å²) in [5.74, 6) is -1.84. The molecule has 3 rings (SSSR count). The average Bonchev–Trinajstić information content (AvgIpc) is 3.26. The smallest absolute Gasteiger partial charge is 0.387 e. The number of benzene rings is 2. The summed E-state index contributed by atoms with van der Waals surface area (Å²) in [5.41, 5.74) is 0.0281. The lowest BCUT2D eigenvalue weighted by Gasteiger charge is -2.07. The van der Waals surface area contributed by atoms with Crippen molar-refractivity contribution in [1.82, 2.24) is 5.32 Å². The highest BCUT2D eigenvalue weighted by Gasteiger charge is 2.17. The summed E-state index contributed by atoms with van der Waals surface area (Å²) in [6, 6.07) is 16.6. The summed E-state index contributed by atoms with van der Waals surface area (Å²) in [6.07, 6.45) is 0. The van der Waals surface area contributed by atoms with E-state index in [1.807, 2.05) is 23.5 Å². The van der Waals surface area contributed by atoms with Crippen LogP contribution in [0, 0.1) is 0 Å². The van der Waals surface area contributed by atoms with Gasteiger partial charge in [-0.15, -0.1) is 0 Å². The number of ether oxygens (including phenoxy) is 3. The predicted molar refractivity (Wildman–Crippen MR) is 105 cm³/mol. The summed E-state index contributed by atoms with van der Waals surface area (Å²) in [7, 11) is 0. The third-order valence-electron chi connectivity index (χ3n) is 3.92. The number of imide groups is 1. The minimum Gasteiger partial charge on any atom is -0.486 e. The Morgan fingerprint density at radius 3 is 2.31 bits per heavy atom. The van der Waals surface area contributed by atoms with Crippen molar-refractivity contribution in [2.75, 3.05) is 6.61 Å². The summed E-state index contributed by atoms with van der Waals surface area (Å²) < 4.78 is 44.1. The average molecular weight is 445 g/mol. The number of carbonyl (C=O) groups excluding carboxylic acids is 3. The number of furan rings is 1. The molecule has 3 aromatic rings. The van der Waals surface area contributed by atoms with E-state index in [1.54, 1.807) is 12.1 Å². The molecule has 0 fully saturated rings. The van der Waals surface area contributed by atoms with E-state index in [2.05, 4.69) is 4.74 Å². The van der Waals surface area contributed by atoms with Gasteiger partial charge in [0.25, 0.3) is 11.8 Å². The first-order valence-corrected chi connectivity index (χ1v) is 9.23. The number of esters is 1. The van der Waals surface area contributed by atoms with Gasteiger partial charge in [-0.3, -0.25) is 14.9 Å². The fraction of sp³-hybridized carbons (Fsp3) is 0.136. The lowest BCUT2D eigenvalue weighted by atomic mass is 10.2. The molecule has 0 saturated heterocycles. The van der Waals surface area contributed by atoms with E-state index in [4.69, 9.17) is 13.9 Å². The highest BCUT2D eigenvalue weighted by Crippen LogP contribution is 2.16. The number of alkyl halides is 2. The van der Waals surface area contributed by atoms with E-state index >= 15 is 0 Å². The highest BCUT2D eigenvalue weighted by molar-refractivity contribution is 6.05. The molecule has 0 spiro atoms. The second kappa shape index (κ2) is 10.7. The number of para-hydroxylation sites is 1. The molecule has 0 atom stereocenters. The van der Waals surface area contributed by atoms with E-state index in [9.17, 15) is 23.2 Å². The van der Waals surface area contributed by atoms with Crippen molar-refractivity contribution < 1.29 is 41.8 Å². The zero-order valence-corrected chi connectivity index (χ0v) is 16.5. The maximum absolute atomic E-state index is 12.1. The van der Waals surface area contributed by atoms with Gasteiger partial charge in [0.2, 0.25) is 5.76 Å². The molecule has 0 radical (unpaired) electrons. The lowest BCUT2D eigenvalue weighted by Crippen LogP contribution is -2.34. The normalized spacial score (nSPS) is 10.5. The van der Waals surface area contributed by atoms with Gasteiger partial charge in [0, 0.05) is 5.56 Å². The molecular formula is C22H17F2NO7. The summed E-state index contributed by atoms with van der Waals surface area (Å²) >= 11 is 0. The van der Waals surface area contributed by atoms with Crippen LogP contribution in [0.3, 0.4) is 0 Å². The lowest BCUT2D eigenvalue weighted by molar-refractivity contribution is -0.123. The molecule has 166 valence electrons. The van der Waals surface area contributed by atoms with Gasteiger partial charge in [0.05, 0.1) is 0 Å². The summed E-state index contributed by atoms with van der Waals surface area (Å²) in [4.78, 5) is 35.9. The Morgan fingerprint density at radius 2 is 1.62 bits per heavy atom. The van der Waals surface area contributed by atoms with Crippen LogP contribution < -0.4 is 14.8 Å². The van der Waals surface area contributed by atoms with Gasteiger partial charge >= 0.3 is 12.6 Å². The molecule has 1 N–H and O–H groups in total. The minimum atomic E-state index is -2.99. The van der Waals surface area contributed by atoms with Crippen molar-refractivity contribution in [1.29, 1.82) is 0 Å². The number of hydrogen-bond donors (Lipinski definition) is 1. The van der Waals surface area contributed by atoms with Gasteiger partial charge in [-0.05, 0) is 48.5 Å². The fourth-order valence-electron chi connectivity index (χ4n) is 2.46. The molecule has 32 heavy (non-hydrogen) atoms. The molecule has 0 unspecified atom stereocenters. The Balaban J connectivity index is 1.44. The third kappa shape index (κ3) is 6.66. The van der Waals surface area contributed by atoms with Crippen molar-refractivity contribution >= 4 is 17.8 Å². The van der Waals surface area contributed by atoms with Crippen LogP contribution in [-0.2, 0) is 16.1 Å². The fourth-order valence-corrected chi connectivity index (χ4v) is 2.46. The van der Waals surface area contributed by atoms with Crippen LogP contribution in [0.4, 0.5) is 8.78 Å². The first kappa shape index (κ1) is 22.5. The van der Waals surface area contributed by atoms with Gasteiger partial charge in [-0.1, -0.05) is 18.2 Å². The van der Waals surface area contributed by atoms with Crippen molar-refractivity contribution in [3.05, 3.63) is 83.8 Å². The molecular weight excluding hydrogens is 428 g/mol. The molecule has 10 heteroatoms. The molecule has 8 nitrogen and oxygen atoms in total. The number of rotatable bonds is 9. The Labute approximate surface area is 180 Å². The van der Waals surface area contributed by atoms with Gasteiger partial charge in [0.1, 0.15) is 23.9 Å². The van der Waals surface area contributed by atoms with Crippen molar-refractivity contribution in [3.63, 3.8) is 0 Å². The number of carbonyl (C=O) groups is 3. The van der Waals surface area contributed by atoms with E-state index in [0.717, 1.165) is 12.1 Å². The number of nitrogens with one attached hydrogen (secondary N) is 1. The maximum atomic E-state index is 12.1. The van der Waals surface area contributed by atoms with Crippen LogP contribution in [0.15, 0.2) is 71.1 Å². The monoisotopic (exact) mass is 445 g/mol. The molecule has 1 heterocycles. The number of amides is 2. The van der Waals surface area contributed by atoms with Crippen LogP contribution in [-0.4, -0.2) is 31.0 Å². The van der Waals surface area contributed by atoms with Gasteiger partial charge in [-0.2, -0.15) is 8.78 Å². The molecule has 0 bridgehead atoms. The molecule has 1 aromatic heterocycles. The van der Waals surface area contributed by atoms with Crippen molar-refractivity contribution in [2.45, 2.75) is 13.2 Å². The Hall–Kier alpha value is -4.21. The SMILES string of the molecule is O=C(COC(=O)c1ccc(COc2ccccc2)o1)NC(=O)c1ccc(OC(F)F)cc1. The van der Waals surface area contributed by atoms with Crippen LogP contribution in [0.25, 0.3) is 0 Å². The predicted octanol–water partition coefficient (Wildman–Crippen LogP) is 3.57. The van der Waals surface area contributed by atoms with Crippen LogP contribution in [0.2, 0.25) is 0 Å². The highest BCUT2D eigenvalue weighted by atomic mass is 19.3. The maximum Gasteiger partial charge on any atom is 0.387 e. The van der Waals surface area contributed by atoms with Crippen LogP contribution in [0.1, 0.15) is 26.7 Å². The second-order valence-electron chi connectivity index (χ2n) is 6.22. The first-order chi connectivity index (χ1) is 15.4. The van der Waals surface area contributed by atoms with E-state index in [0.29, 0.717) is 11.5 Å². The van der Waals surface area contributed by atoms with Gasteiger partial charge in [-0.25, -0.2) is 4.79 Å². The number of halogens is 2. The first-order valence-electron chi connectivity index (χ1n) is 9.23. The molecule has 2 amide bonds. The number of hydrogen-bond acceptors (Lipinski definition) is 7. The minimum absolute atomic E-state index is 0.0281. The summed E-state index contributed by atoms with van der Waals surface area (Å²) in [6.45, 7) is -3.63. The van der Waals surface area contributed by atoms with Gasteiger partial charge in [0.15, 0.2) is 6.61 Å². The van der Waals surface area contributed by atoms with E-state index in [1.165, 1.54) is 24.3 Å². The van der Waals surface area contributed by atoms with E-state index in [-0.39, 0.29) is 23.7 Å². The Morgan fingerprint density at radius 1 is 0.906 bits per heavy atom. The van der Waals surface area contributed by atoms with Crippen LogP contribution >= 0.6 is 0 Å². The Bertz CT molecular complexity index is 1070. The zero-order chi connectivity index (χ0) is 22.9. The van der Waals surface area contributed by atoms with Gasteiger partial charge < -0.3 is 18.6 Å². The molecule has 0 aliphatic rings. The Kier molecular flexibility index (Phi) is 7.52. The molecule has 0 aliphatic heterocycles. The van der Waals surface area contributed by atoms with Crippen molar-refractivity contribution in [2.24, 2.45) is 0 Å². The zero-order valence-electron chi connectivity index (χ0n) is 16.5. The standard InChI is InChI=1S/C22H17F2NO7/c23-22(24)32-16-8-6-14(7-9-16)20(27)25-19(26)13-30-21(28)18-11-10-17(31-18)12-29-15-4-2-1-3-5-15/h1-11,22H,12-13H2,(H,25,26,27). The molecule has 0 aliphatic carbocycles. The van der Waals surface area contributed by atoms with Crippen molar-refractivity contribution in [3.8, 4) is 11.5 Å². The quantitative estimate of drug-likeness (QED) is 0.502. The molecule has 2 aromatic carbocycles.